The van der Waals surface area contributed by atoms with E-state index in [1.54, 1.807) is 11.1 Å². The van der Waals surface area contributed by atoms with E-state index in [0.717, 1.165) is 11.3 Å². The summed E-state index contributed by atoms with van der Waals surface area (Å²) in [6.07, 6.45) is 2.13. The van der Waals surface area contributed by atoms with Crippen molar-refractivity contribution in [2.75, 3.05) is 19.7 Å². The number of aromatic nitrogens is 1. The van der Waals surface area contributed by atoms with Gasteiger partial charge in [-0.1, -0.05) is 36.4 Å². The number of rotatable bonds is 5. The molecule has 5 heteroatoms. The number of pyridine rings is 1. The summed E-state index contributed by atoms with van der Waals surface area (Å²) in [5.41, 5.74) is 1.63. The summed E-state index contributed by atoms with van der Waals surface area (Å²) >= 11 is 0. The van der Waals surface area contributed by atoms with Gasteiger partial charge in [-0.05, 0) is 36.0 Å². The van der Waals surface area contributed by atoms with Crippen molar-refractivity contribution >= 4 is 5.91 Å². The third-order valence-corrected chi connectivity index (χ3v) is 6.07. The first kappa shape index (κ1) is 17.2. The molecule has 1 aliphatic carbocycles. The van der Waals surface area contributed by atoms with Gasteiger partial charge >= 0.3 is 0 Å². The van der Waals surface area contributed by atoms with E-state index < -0.39 is 11.5 Å². The lowest BCUT2D eigenvalue weighted by Gasteiger charge is -2.16. The van der Waals surface area contributed by atoms with Gasteiger partial charge in [0.25, 0.3) is 0 Å². The fourth-order valence-corrected chi connectivity index (χ4v) is 4.70. The number of nitrogens with zero attached hydrogens (tertiary/aromatic N) is 2. The Bertz CT molecular complexity index is 767. The van der Waals surface area contributed by atoms with Crippen molar-refractivity contribution in [2.24, 2.45) is 11.3 Å². The highest BCUT2D eigenvalue weighted by atomic mass is 16.3. The number of carbonyl (C=O) groups is 1. The number of benzene rings is 1. The highest BCUT2D eigenvalue weighted by Crippen LogP contribution is 2.68. The molecule has 2 heterocycles. The fraction of sp³-hybridized carbons (Fsp3) is 0.429. The number of hydrogen-bond donors (Lipinski definition) is 2. The van der Waals surface area contributed by atoms with Crippen LogP contribution in [0.25, 0.3) is 0 Å². The number of aliphatic hydroxyl groups excluding tert-OH is 2. The van der Waals surface area contributed by atoms with Gasteiger partial charge in [-0.25, -0.2) is 0 Å². The zero-order chi connectivity index (χ0) is 18.1. The van der Waals surface area contributed by atoms with E-state index >= 15 is 0 Å². The third-order valence-electron chi connectivity index (χ3n) is 6.07. The van der Waals surface area contributed by atoms with Crippen molar-refractivity contribution in [3.8, 4) is 0 Å². The van der Waals surface area contributed by atoms with Gasteiger partial charge in [0, 0.05) is 43.4 Å². The van der Waals surface area contributed by atoms with Gasteiger partial charge in [0.05, 0.1) is 6.10 Å². The Labute approximate surface area is 153 Å². The van der Waals surface area contributed by atoms with Gasteiger partial charge in [-0.15, -0.1) is 0 Å². The predicted molar refractivity (Wildman–Crippen MR) is 97.3 cm³/mol. The maximum atomic E-state index is 12.6. The Kier molecular flexibility index (Phi) is 4.51. The van der Waals surface area contributed by atoms with Crippen LogP contribution in [-0.2, 0) is 11.2 Å². The molecule has 5 nitrogen and oxygen atoms in total. The summed E-state index contributed by atoms with van der Waals surface area (Å²) < 4.78 is 0. The zero-order valence-electron chi connectivity index (χ0n) is 14.7. The number of amides is 1. The van der Waals surface area contributed by atoms with Crippen molar-refractivity contribution < 1.29 is 15.0 Å². The highest BCUT2D eigenvalue weighted by Gasteiger charge is 2.71. The topological polar surface area (TPSA) is 73.7 Å². The Hall–Kier alpha value is -2.24. The molecule has 26 heavy (non-hydrogen) atoms. The van der Waals surface area contributed by atoms with E-state index in [2.05, 4.69) is 4.98 Å². The van der Waals surface area contributed by atoms with Crippen LogP contribution in [0.15, 0.2) is 54.7 Å². The maximum absolute atomic E-state index is 12.6. The largest absolute Gasteiger partial charge is 0.396 e. The van der Waals surface area contributed by atoms with E-state index in [0.29, 0.717) is 25.9 Å². The summed E-state index contributed by atoms with van der Waals surface area (Å²) in [7, 11) is 0. The van der Waals surface area contributed by atoms with E-state index in [-0.39, 0.29) is 24.3 Å². The fourth-order valence-electron chi connectivity index (χ4n) is 4.70. The monoisotopic (exact) mass is 352 g/mol. The molecule has 1 saturated carbocycles. The molecule has 0 unspecified atom stereocenters. The number of carbonyl (C=O) groups excluding carboxylic acids is 1. The first-order valence-electron chi connectivity index (χ1n) is 9.18. The number of aryl methyl sites for hydroxylation is 1. The molecule has 0 radical (unpaired) electrons. The molecule has 2 aromatic rings. The molecule has 2 fully saturated rings. The van der Waals surface area contributed by atoms with Gasteiger partial charge in [-0.3, -0.25) is 9.78 Å². The summed E-state index contributed by atoms with van der Waals surface area (Å²) in [5, 5.41) is 20.6. The van der Waals surface area contributed by atoms with Crippen LogP contribution in [0.3, 0.4) is 0 Å². The van der Waals surface area contributed by atoms with Gasteiger partial charge in [-0.2, -0.15) is 0 Å². The normalized spacial score (nSPS) is 29.9. The van der Waals surface area contributed by atoms with Crippen LogP contribution in [0.1, 0.15) is 23.6 Å². The van der Waals surface area contributed by atoms with Crippen LogP contribution in [0, 0.1) is 11.3 Å². The molecule has 1 amide bonds. The molecule has 2 N–H and O–H groups in total. The molecule has 1 spiro atoms. The predicted octanol–water partition coefficient (Wildman–Crippen LogP) is 1.61. The van der Waals surface area contributed by atoms with E-state index in [1.807, 2.05) is 48.5 Å². The molecule has 1 aromatic heterocycles. The van der Waals surface area contributed by atoms with Crippen LogP contribution in [0.4, 0.5) is 0 Å². The van der Waals surface area contributed by atoms with Gasteiger partial charge in [0.15, 0.2) is 0 Å². The number of aliphatic hydroxyl groups is 2. The maximum Gasteiger partial charge on any atom is 0.223 e. The lowest BCUT2D eigenvalue weighted by atomic mass is 9.95. The van der Waals surface area contributed by atoms with Crippen LogP contribution in [-0.4, -0.2) is 51.8 Å². The SMILES string of the molecule is O=C(CCc1ccccn1)N1C[C@@H](O)[C@@]2(C1)[C@H](CO)[C@H]2c1ccccc1. The minimum absolute atomic E-state index is 0.00786. The highest BCUT2D eigenvalue weighted by molar-refractivity contribution is 5.77. The molecule has 2 aliphatic rings. The Balaban J connectivity index is 1.45. The second-order valence-electron chi connectivity index (χ2n) is 7.40. The Morgan fingerprint density at radius 2 is 1.96 bits per heavy atom. The third kappa shape index (κ3) is 2.81. The second-order valence-corrected chi connectivity index (χ2v) is 7.40. The molecule has 1 aromatic carbocycles. The minimum atomic E-state index is -0.594. The van der Waals surface area contributed by atoms with Crippen molar-refractivity contribution in [1.82, 2.24) is 9.88 Å². The van der Waals surface area contributed by atoms with Crippen LogP contribution < -0.4 is 0 Å². The Morgan fingerprint density at radius 1 is 1.19 bits per heavy atom. The van der Waals surface area contributed by atoms with Crippen molar-refractivity contribution in [3.05, 3.63) is 66.0 Å². The average Bonchev–Trinajstić information content (AvgIpc) is 3.22. The summed E-state index contributed by atoms with van der Waals surface area (Å²) in [5.74, 6) is 0.160. The first-order chi connectivity index (χ1) is 12.7. The lowest BCUT2D eigenvalue weighted by Crippen LogP contribution is -2.30. The Morgan fingerprint density at radius 3 is 2.65 bits per heavy atom. The number of hydrogen-bond acceptors (Lipinski definition) is 4. The summed E-state index contributed by atoms with van der Waals surface area (Å²) in [6.45, 7) is 0.896. The van der Waals surface area contributed by atoms with Crippen LogP contribution >= 0.6 is 0 Å². The molecule has 1 saturated heterocycles. The quantitative estimate of drug-likeness (QED) is 0.857. The number of likely N-dealkylation sites (tertiary alicyclic amines) is 1. The standard InChI is InChI=1S/C21H24N2O3/c24-13-17-20(15-6-2-1-3-7-15)21(17)14-23(12-18(21)25)19(26)10-9-16-8-4-5-11-22-16/h1-8,11,17-18,20,24-25H,9-10,12-14H2/t17-,18-,20-,21-/m1/s1. The summed E-state index contributed by atoms with van der Waals surface area (Å²) in [4.78, 5) is 18.7. The van der Waals surface area contributed by atoms with Gasteiger partial charge in [0.2, 0.25) is 5.91 Å². The molecule has 136 valence electrons. The lowest BCUT2D eigenvalue weighted by molar-refractivity contribution is -0.130. The van der Waals surface area contributed by atoms with Crippen molar-refractivity contribution in [3.63, 3.8) is 0 Å². The van der Waals surface area contributed by atoms with E-state index in [1.165, 1.54) is 0 Å². The molecular formula is C21H24N2O3. The van der Waals surface area contributed by atoms with Crippen molar-refractivity contribution in [2.45, 2.75) is 24.9 Å². The minimum Gasteiger partial charge on any atom is -0.396 e. The van der Waals surface area contributed by atoms with Crippen LogP contribution in [0.5, 0.6) is 0 Å². The zero-order valence-corrected chi connectivity index (χ0v) is 14.7. The van der Waals surface area contributed by atoms with Crippen molar-refractivity contribution in [1.29, 1.82) is 0 Å². The molecule has 4 atom stereocenters. The second kappa shape index (κ2) is 6.82. The number of β-amino-alcohol motifs (C(OH)–C–C–N with tert-alkyl or cyclic N) is 1. The van der Waals surface area contributed by atoms with Gasteiger partial charge in [0.1, 0.15) is 0 Å². The molecular weight excluding hydrogens is 328 g/mol. The smallest absolute Gasteiger partial charge is 0.223 e. The molecule has 1 aliphatic heterocycles. The first-order valence-corrected chi connectivity index (χ1v) is 9.18. The molecule has 0 bridgehead atoms. The van der Waals surface area contributed by atoms with E-state index in [4.69, 9.17) is 0 Å². The summed E-state index contributed by atoms with van der Waals surface area (Å²) in [6, 6.07) is 15.7. The molecule has 4 rings (SSSR count). The van der Waals surface area contributed by atoms with E-state index in [9.17, 15) is 15.0 Å². The van der Waals surface area contributed by atoms with Crippen LogP contribution in [0.2, 0.25) is 0 Å². The van der Waals surface area contributed by atoms with Gasteiger partial charge < -0.3 is 15.1 Å². The average molecular weight is 352 g/mol.